The predicted molar refractivity (Wildman–Crippen MR) is 140 cm³/mol. The number of ether oxygens (including phenoxy) is 3. The van der Waals surface area contributed by atoms with Crippen LogP contribution in [0.3, 0.4) is 0 Å². The van der Waals surface area contributed by atoms with E-state index in [0.29, 0.717) is 53.6 Å². The number of piperidine rings is 1. The van der Waals surface area contributed by atoms with E-state index in [1.54, 1.807) is 40.1 Å². The van der Waals surface area contributed by atoms with Crippen LogP contribution in [0.2, 0.25) is 0 Å². The first-order chi connectivity index (χ1) is 18.4. The second kappa shape index (κ2) is 10.1. The van der Waals surface area contributed by atoms with E-state index in [-0.39, 0.29) is 29.7 Å². The molecule has 38 heavy (non-hydrogen) atoms. The fourth-order valence-electron chi connectivity index (χ4n) is 5.06. The second-order valence-corrected chi connectivity index (χ2v) is 9.06. The number of aromatic nitrogens is 2. The highest BCUT2D eigenvalue weighted by molar-refractivity contribution is 6.10. The minimum atomic E-state index is -0.720. The molecule has 0 atom stereocenters. The zero-order valence-electron chi connectivity index (χ0n) is 21.5. The lowest BCUT2D eigenvalue weighted by Crippen LogP contribution is -2.39. The van der Waals surface area contributed by atoms with Gasteiger partial charge in [0.25, 0.3) is 11.8 Å². The van der Waals surface area contributed by atoms with Crippen LogP contribution in [-0.2, 0) is 11.2 Å². The molecule has 0 bridgehead atoms. The maximum atomic E-state index is 14.0. The Balaban J connectivity index is 1.58. The summed E-state index contributed by atoms with van der Waals surface area (Å²) in [5.74, 6) is 0.406. The number of amides is 3. The molecule has 3 aromatic rings. The number of anilines is 2. The van der Waals surface area contributed by atoms with Crippen LogP contribution in [0.15, 0.2) is 36.4 Å². The van der Waals surface area contributed by atoms with Crippen molar-refractivity contribution in [2.24, 2.45) is 5.73 Å². The molecule has 0 unspecified atom stereocenters. The van der Waals surface area contributed by atoms with Crippen molar-refractivity contribution in [1.29, 1.82) is 0 Å². The first kappa shape index (κ1) is 25.1. The molecule has 0 radical (unpaired) electrons. The number of nitrogens with zero attached hydrogens (tertiary/aromatic N) is 4. The van der Waals surface area contributed by atoms with E-state index in [1.165, 1.54) is 26.0 Å². The molecule has 0 spiro atoms. The normalized spacial score (nSPS) is 15.3. The van der Waals surface area contributed by atoms with Crippen LogP contribution in [0.1, 0.15) is 45.8 Å². The number of primary amides is 1. The Morgan fingerprint density at radius 1 is 0.868 bits per heavy atom. The van der Waals surface area contributed by atoms with Crippen LogP contribution in [-0.4, -0.2) is 61.9 Å². The summed E-state index contributed by atoms with van der Waals surface area (Å²) in [5.41, 5.74) is 8.10. The molecule has 2 aliphatic rings. The summed E-state index contributed by atoms with van der Waals surface area (Å²) in [6.45, 7) is 0.933. The number of hydrogen-bond donors (Lipinski definition) is 1. The van der Waals surface area contributed by atoms with Crippen LogP contribution < -0.4 is 29.7 Å². The van der Waals surface area contributed by atoms with E-state index in [9.17, 15) is 14.4 Å². The maximum Gasteiger partial charge on any atom is 0.277 e. The van der Waals surface area contributed by atoms with Gasteiger partial charge in [-0.2, -0.15) is 5.10 Å². The molecule has 0 saturated carbocycles. The smallest absolute Gasteiger partial charge is 0.277 e. The van der Waals surface area contributed by atoms with Gasteiger partial charge in [0, 0.05) is 42.9 Å². The van der Waals surface area contributed by atoms with Gasteiger partial charge in [0.05, 0.1) is 27.0 Å². The summed E-state index contributed by atoms with van der Waals surface area (Å²) in [4.78, 5) is 42.0. The number of benzene rings is 2. The van der Waals surface area contributed by atoms with Gasteiger partial charge in [-0.25, -0.2) is 4.68 Å². The maximum absolute atomic E-state index is 14.0. The Morgan fingerprint density at radius 2 is 1.61 bits per heavy atom. The largest absolute Gasteiger partial charge is 0.497 e. The molecule has 1 aromatic heterocycles. The molecule has 0 aliphatic carbocycles. The number of fused-ring (bicyclic) bond motifs is 1. The van der Waals surface area contributed by atoms with Gasteiger partial charge >= 0.3 is 0 Å². The van der Waals surface area contributed by atoms with Gasteiger partial charge in [0.1, 0.15) is 28.6 Å². The topological polar surface area (TPSA) is 129 Å². The van der Waals surface area contributed by atoms with Crippen molar-refractivity contribution in [3.8, 4) is 22.9 Å². The van der Waals surface area contributed by atoms with Gasteiger partial charge in [-0.3, -0.25) is 14.4 Å². The molecule has 1 saturated heterocycles. The third-order valence-corrected chi connectivity index (χ3v) is 6.95. The standard InChI is InChI=1S/C27H29N5O6/c1-36-17-8-10-20(22(15-17)38-3)32-25-18(24(29-32)26(28)34)11-13-31(27(25)35)19-9-7-16(14-21(19)37-2)30-12-5-4-6-23(30)33/h7-10,14-15H,4-6,11-13H2,1-3H3,(H2,28,34). The van der Waals surface area contributed by atoms with Crippen LogP contribution >= 0.6 is 0 Å². The molecular formula is C27H29N5O6. The molecule has 2 aliphatic heterocycles. The van der Waals surface area contributed by atoms with Crippen molar-refractivity contribution in [3.63, 3.8) is 0 Å². The molecule has 198 valence electrons. The number of carbonyl (C=O) groups is 3. The lowest BCUT2D eigenvalue weighted by molar-refractivity contribution is -0.119. The summed E-state index contributed by atoms with van der Waals surface area (Å²) >= 11 is 0. The van der Waals surface area contributed by atoms with Crippen molar-refractivity contribution in [2.75, 3.05) is 44.2 Å². The lowest BCUT2D eigenvalue weighted by atomic mass is 10.0. The van der Waals surface area contributed by atoms with E-state index < -0.39 is 5.91 Å². The predicted octanol–water partition coefficient (Wildman–Crippen LogP) is 2.72. The Morgan fingerprint density at radius 3 is 2.29 bits per heavy atom. The Bertz CT molecular complexity index is 1430. The second-order valence-electron chi connectivity index (χ2n) is 9.06. The van der Waals surface area contributed by atoms with Crippen molar-refractivity contribution in [2.45, 2.75) is 25.7 Å². The lowest BCUT2D eigenvalue weighted by Gasteiger charge is -2.31. The van der Waals surface area contributed by atoms with Crippen LogP contribution in [0.25, 0.3) is 5.69 Å². The monoisotopic (exact) mass is 519 g/mol. The van der Waals surface area contributed by atoms with Gasteiger partial charge in [-0.15, -0.1) is 0 Å². The summed E-state index contributed by atoms with van der Waals surface area (Å²) in [6.07, 6.45) is 2.69. The summed E-state index contributed by atoms with van der Waals surface area (Å²) in [5, 5.41) is 4.43. The number of hydrogen-bond acceptors (Lipinski definition) is 7. The number of methoxy groups -OCH3 is 3. The zero-order chi connectivity index (χ0) is 27.0. The minimum Gasteiger partial charge on any atom is -0.497 e. The minimum absolute atomic E-state index is 0.0387. The van der Waals surface area contributed by atoms with Gasteiger partial charge in [-0.05, 0) is 43.5 Å². The Hall–Kier alpha value is -4.54. The number of rotatable bonds is 7. The molecule has 2 aromatic carbocycles. The molecule has 2 N–H and O–H groups in total. The third kappa shape index (κ3) is 4.19. The molecule has 11 nitrogen and oxygen atoms in total. The van der Waals surface area contributed by atoms with Gasteiger partial charge in [0.2, 0.25) is 5.91 Å². The van der Waals surface area contributed by atoms with Crippen LogP contribution in [0, 0.1) is 0 Å². The molecule has 5 rings (SSSR count). The van der Waals surface area contributed by atoms with E-state index in [2.05, 4.69) is 5.10 Å². The first-order valence-corrected chi connectivity index (χ1v) is 12.3. The fourth-order valence-corrected chi connectivity index (χ4v) is 5.06. The van der Waals surface area contributed by atoms with Gasteiger partial charge in [0.15, 0.2) is 5.69 Å². The van der Waals surface area contributed by atoms with E-state index in [0.717, 1.165) is 18.5 Å². The van der Waals surface area contributed by atoms with Crippen molar-refractivity contribution in [3.05, 3.63) is 53.3 Å². The molecule has 1 fully saturated rings. The van der Waals surface area contributed by atoms with Crippen LogP contribution in [0.4, 0.5) is 11.4 Å². The summed E-state index contributed by atoms with van der Waals surface area (Å²) < 4.78 is 17.9. The fraction of sp³-hybridized carbons (Fsp3) is 0.333. The van der Waals surface area contributed by atoms with Crippen molar-refractivity contribution >= 4 is 29.1 Å². The zero-order valence-corrected chi connectivity index (χ0v) is 21.5. The van der Waals surface area contributed by atoms with Gasteiger partial charge in [-0.1, -0.05) is 0 Å². The average Bonchev–Trinajstić information content (AvgIpc) is 3.33. The SMILES string of the molecule is COc1ccc(-n2nc(C(N)=O)c3c2C(=O)N(c2ccc(N4CCCCC4=O)cc2OC)CC3)c(OC)c1. The quantitative estimate of drug-likeness (QED) is 0.508. The van der Waals surface area contributed by atoms with Crippen molar-refractivity contribution in [1.82, 2.24) is 9.78 Å². The highest BCUT2D eigenvalue weighted by Crippen LogP contribution is 2.38. The molecule has 3 amide bonds. The molecular weight excluding hydrogens is 490 g/mol. The van der Waals surface area contributed by atoms with Crippen LogP contribution in [0.5, 0.6) is 17.2 Å². The number of carbonyl (C=O) groups excluding carboxylic acids is 3. The van der Waals surface area contributed by atoms with E-state index >= 15 is 0 Å². The molecule has 3 heterocycles. The average molecular weight is 520 g/mol. The summed E-state index contributed by atoms with van der Waals surface area (Å²) in [7, 11) is 4.56. The summed E-state index contributed by atoms with van der Waals surface area (Å²) in [6, 6.07) is 10.5. The Kier molecular flexibility index (Phi) is 6.66. The highest BCUT2D eigenvalue weighted by atomic mass is 16.5. The van der Waals surface area contributed by atoms with Gasteiger partial charge < -0.3 is 29.7 Å². The first-order valence-electron chi connectivity index (χ1n) is 12.3. The van der Waals surface area contributed by atoms with E-state index in [1.807, 2.05) is 6.07 Å². The highest BCUT2D eigenvalue weighted by Gasteiger charge is 2.36. The molecule has 11 heteroatoms. The number of nitrogens with two attached hydrogens (primary N) is 1. The Labute approximate surface area is 219 Å². The van der Waals surface area contributed by atoms with Crippen molar-refractivity contribution < 1.29 is 28.6 Å². The third-order valence-electron chi connectivity index (χ3n) is 6.95. The van der Waals surface area contributed by atoms with E-state index in [4.69, 9.17) is 19.9 Å².